The van der Waals surface area contributed by atoms with Gasteiger partial charge in [0, 0.05) is 48.7 Å². The maximum Gasteiger partial charge on any atom is 0.416 e. The molecular weight excluding hydrogens is 467 g/mol. The van der Waals surface area contributed by atoms with Gasteiger partial charge in [0.05, 0.1) is 5.56 Å². The number of amides is 2. The third-order valence-electron chi connectivity index (χ3n) is 6.47. The zero-order valence-electron chi connectivity index (χ0n) is 20.7. The van der Waals surface area contributed by atoms with Crippen LogP contribution in [0, 0.1) is 6.92 Å². The van der Waals surface area contributed by atoms with Crippen molar-refractivity contribution < 1.29 is 18.0 Å². The summed E-state index contributed by atoms with van der Waals surface area (Å²) in [6, 6.07) is 12.6. The molecule has 9 heteroatoms. The molecule has 4 rings (SSSR count). The number of carbonyl (C=O) groups excluding carboxylic acids is 1. The standard InChI is InChI=1S/C27H30F3N5O/c1-4-19-7-6-8-22(17-19)32-26(36)35-15-13-34(14-16-35)25-23(5-2)18(3)31-24(33-25)20-9-11-21(12-10-20)27(28,29)30/h6-12,17H,4-5,13-16H2,1-3H3,(H,32,36). The van der Waals surface area contributed by atoms with E-state index < -0.39 is 11.7 Å². The molecule has 1 N–H and O–H groups in total. The van der Waals surface area contributed by atoms with E-state index in [1.807, 2.05) is 38.1 Å². The number of hydrogen-bond acceptors (Lipinski definition) is 4. The van der Waals surface area contributed by atoms with Crippen molar-refractivity contribution >= 4 is 17.5 Å². The molecule has 2 amide bonds. The number of halogens is 3. The number of aryl methyl sites for hydroxylation is 2. The summed E-state index contributed by atoms with van der Waals surface area (Å²) in [5.74, 6) is 1.17. The highest BCUT2D eigenvalue weighted by Crippen LogP contribution is 2.31. The van der Waals surface area contributed by atoms with Crippen molar-refractivity contribution in [2.45, 2.75) is 39.8 Å². The number of nitrogens with zero attached hydrogens (tertiary/aromatic N) is 4. The first-order valence-corrected chi connectivity index (χ1v) is 12.1. The quantitative estimate of drug-likeness (QED) is 0.473. The number of nitrogens with one attached hydrogen (secondary N) is 1. The summed E-state index contributed by atoms with van der Waals surface area (Å²) in [5, 5.41) is 2.98. The van der Waals surface area contributed by atoms with Crippen LogP contribution in [0.15, 0.2) is 48.5 Å². The summed E-state index contributed by atoms with van der Waals surface area (Å²) >= 11 is 0. The van der Waals surface area contributed by atoms with Crippen LogP contribution in [0.2, 0.25) is 0 Å². The van der Waals surface area contributed by atoms with Crippen molar-refractivity contribution in [3.8, 4) is 11.4 Å². The molecule has 0 unspecified atom stereocenters. The highest BCUT2D eigenvalue weighted by molar-refractivity contribution is 5.89. The largest absolute Gasteiger partial charge is 0.416 e. The summed E-state index contributed by atoms with van der Waals surface area (Å²) in [6.45, 7) is 8.24. The summed E-state index contributed by atoms with van der Waals surface area (Å²) in [4.78, 5) is 26.1. The number of urea groups is 1. The van der Waals surface area contributed by atoms with Gasteiger partial charge in [-0.15, -0.1) is 0 Å². The van der Waals surface area contributed by atoms with E-state index in [0.717, 1.165) is 53.3 Å². The summed E-state index contributed by atoms with van der Waals surface area (Å²) in [7, 11) is 0. The molecule has 0 saturated carbocycles. The van der Waals surface area contributed by atoms with Crippen LogP contribution in [-0.4, -0.2) is 47.1 Å². The molecule has 3 aromatic rings. The number of benzene rings is 2. The van der Waals surface area contributed by atoms with Gasteiger partial charge in [0.25, 0.3) is 0 Å². The van der Waals surface area contributed by atoms with Crippen molar-refractivity contribution in [2.24, 2.45) is 0 Å². The number of aromatic nitrogens is 2. The number of hydrogen-bond donors (Lipinski definition) is 1. The molecule has 36 heavy (non-hydrogen) atoms. The van der Waals surface area contributed by atoms with Crippen LogP contribution in [0.4, 0.5) is 29.5 Å². The average Bonchev–Trinajstić information content (AvgIpc) is 2.88. The van der Waals surface area contributed by atoms with Crippen molar-refractivity contribution in [3.05, 3.63) is 70.9 Å². The lowest BCUT2D eigenvalue weighted by Crippen LogP contribution is -2.50. The van der Waals surface area contributed by atoms with E-state index in [0.29, 0.717) is 37.6 Å². The monoisotopic (exact) mass is 497 g/mol. The van der Waals surface area contributed by atoms with Crippen LogP contribution < -0.4 is 10.2 Å². The molecule has 1 aliphatic heterocycles. The Hall–Kier alpha value is -3.62. The van der Waals surface area contributed by atoms with E-state index in [4.69, 9.17) is 4.98 Å². The topological polar surface area (TPSA) is 61.4 Å². The van der Waals surface area contributed by atoms with Gasteiger partial charge in [0.1, 0.15) is 5.82 Å². The zero-order chi connectivity index (χ0) is 25.9. The van der Waals surface area contributed by atoms with Crippen molar-refractivity contribution in [1.29, 1.82) is 0 Å². The van der Waals surface area contributed by atoms with Gasteiger partial charge in [0.2, 0.25) is 0 Å². The fourth-order valence-electron chi connectivity index (χ4n) is 4.39. The second-order valence-electron chi connectivity index (χ2n) is 8.82. The maximum absolute atomic E-state index is 13.0. The van der Waals surface area contributed by atoms with Crippen molar-refractivity contribution in [2.75, 3.05) is 36.4 Å². The van der Waals surface area contributed by atoms with E-state index in [1.54, 1.807) is 4.90 Å². The first-order chi connectivity index (χ1) is 17.2. The number of alkyl halides is 3. The van der Waals surface area contributed by atoms with Crippen LogP contribution in [0.25, 0.3) is 11.4 Å². The van der Waals surface area contributed by atoms with E-state index in [1.165, 1.54) is 12.1 Å². The van der Waals surface area contributed by atoms with Crippen LogP contribution in [-0.2, 0) is 19.0 Å². The molecular formula is C27H30F3N5O. The molecule has 0 aliphatic carbocycles. The van der Waals surface area contributed by atoms with Gasteiger partial charge in [-0.2, -0.15) is 13.2 Å². The summed E-state index contributed by atoms with van der Waals surface area (Å²) in [6.07, 6.45) is -2.77. The highest BCUT2D eigenvalue weighted by Gasteiger charge is 2.30. The van der Waals surface area contributed by atoms with Crippen molar-refractivity contribution in [3.63, 3.8) is 0 Å². The Balaban J connectivity index is 1.49. The fraction of sp³-hybridized carbons (Fsp3) is 0.370. The Bertz CT molecular complexity index is 1220. The summed E-state index contributed by atoms with van der Waals surface area (Å²) < 4.78 is 38.9. The number of rotatable bonds is 5. The van der Waals surface area contributed by atoms with Gasteiger partial charge in [-0.25, -0.2) is 14.8 Å². The molecule has 6 nitrogen and oxygen atoms in total. The molecule has 1 fully saturated rings. The Morgan fingerprint density at radius 2 is 1.67 bits per heavy atom. The van der Waals surface area contributed by atoms with E-state index in [2.05, 4.69) is 22.1 Å². The van der Waals surface area contributed by atoms with Gasteiger partial charge in [-0.1, -0.05) is 38.1 Å². The van der Waals surface area contributed by atoms with Crippen LogP contribution in [0.1, 0.15) is 36.2 Å². The lowest BCUT2D eigenvalue weighted by Gasteiger charge is -2.36. The fourth-order valence-corrected chi connectivity index (χ4v) is 4.39. The molecule has 1 aromatic heterocycles. The van der Waals surface area contributed by atoms with E-state index >= 15 is 0 Å². The smallest absolute Gasteiger partial charge is 0.353 e. The first kappa shape index (κ1) is 25.5. The SMILES string of the molecule is CCc1cccc(NC(=O)N2CCN(c3nc(-c4ccc(C(F)(F)F)cc4)nc(C)c3CC)CC2)c1. The second-order valence-corrected chi connectivity index (χ2v) is 8.82. The third-order valence-corrected chi connectivity index (χ3v) is 6.47. The van der Waals surface area contributed by atoms with Gasteiger partial charge >= 0.3 is 12.2 Å². The zero-order valence-corrected chi connectivity index (χ0v) is 20.7. The Labute approximate surface area is 209 Å². The Morgan fingerprint density at radius 3 is 2.28 bits per heavy atom. The maximum atomic E-state index is 13.0. The molecule has 0 atom stereocenters. The number of carbonyl (C=O) groups is 1. The molecule has 1 saturated heterocycles. The molecule has 0 radical (unpaired) electrons. The van der Waals surface area contributed by atoms with Crippen LogP contribution >= 0.6 is 0 Å². The Kier molecular flexibility index (Phi) is 7.47. The lowest BCUT2D eigenvalue weighted by atomic mass is 10.1. The average molecular weight is 498 g/mol. The molecule has 0 bridgehead atoms. The Morgan fingerprint density at radius 1 is 0.972 bits per heavy atom. The van der Waals surface area contributed by atoms with Crippen LogP contribution in [0.5, 0.6) is 0 Å². The minimum atomic E-state index is -4.39. The van der Waals surface area contributed by atoms with Crippen LogP contribution in [0.3, 0.4) is 0 Å². The molecule has 1 aliphatic rings. The van der Waals surface area contributed by atoms with Gasteiger partial charge in [0.15, 0.2) is 5.82 Å². The second kappa shape index (κ2) is 10.6. The van der Waals surface area contributed by atoms with E-state index in [-0.39, 0.29) is 6.03 Å². The predicted octanol–water partition coefficient (Wildman–Crippen LogP) is 5.95. The molecule has 2 aromatic carbocycles. The minimum absolute atomic E-state index is 0.136. The van der Waals surface area contributed by atoms with Gasteiger partial charge in [-0.3, -0.25) is 0 Å². The minimum Gasteiger partial charge on any atom is -0.353 e. The normalized spacial score (nSPS) is 14.2. The van der Waals surface area contributed by atoms with Gasteiger partial charge in [-0.05, 0) is 49.6 Å². The summed E-state index contributed by atoms with van der Waals surface area (Å²) in [5.41, 5.74) is 3.56. The molecule has 2 heterocycles. The molecule has 190 valence electrons. The van der Waals surface area contributed by atoms with Gasteiger partial charge < -0.3 is 15.1 Å². The predicted molar refractivity (Wildman–Crippen MR) is 135 cm³/mol. The van der Waals surface area contributed by atoms with Crippen molar-refractivity contribution in [1.82, 2.24) is 14.9 Å². The number of anilines is 2. The lowest BCUT2D eigenvalue weighted by molar-refractivity contribution is -0.137. The molecule has 0 spiro atoms. The third kappa shape index (κ3) is 5.61. The number of piperazine rings is 1. The highest BCUT2D eigenvalue weighted by atomic mass is 19.4. The first-order valence-electron chi connectivity index (χ1n) is 12.1. The van der Waals surface area contributed by atoms with E-state index in [9.17, 15) is 18.0 Å².